The van der Waals surface area contributed by atoms with Crippen LogP contribution in [0.2, 0.25) is 0 Å². The summed E-state index contributed by atoms with van der Waals surface area (Å²) in [5.74, 6) is 0. The predicted molar refractivity (Wildman–Crippen MR) is 62.4 cm³/mol. The molecule has 0 radical (unpaired) electrons. The largest absolute Gasteiger partial charge is 0.359 e. The second-order valence-corrected chi connectivity index (χ2v) is 3.99. The molecule has 1 atom stereocenters. The zero-order chi connectivity index (χ0) is 9.10. The number of anilines is 1. The lowest BCUT2D eigenvalue weighted by Crippen LogP contribution is -2.31. The van der Waals surface area contributed by atoms with Crippen molar-refractivity contribution in [2.75, 3.05) is 22.7 Å². The lowest BCUT2D eigenvalue weighted by molar-refractivity contribution is 0.196. The average Bonchev–Trinajstić information content (AvgIpc) is 2.67. The van der Waals surface area contributed by atoms with E-state index in [9.17, 15) is 0 Å². The van der Waals surface area contributed by atoms with Gasteiger partial charge in [0.25, 0.3) is 0 Å². The highest BCUT2D eigenvalue weighted by Gasteiger charge is 2.23. The minimum absolute atomic E-state index is 0.544. The first kappa shape index (κ1) is 9.27. The number of alkyl halides is 1. The highest BCUT2D eigenvalue weighted by Crippen LogP contribution is 2.21. The Labute approximate surface area is 92.0 Å². The molecule has 3 heteroatoms. The van der Waals surface area contributed by atoms with Gasteiger partial charge in [0.15, 0.2) is 0 Å². The molecule has 0 aromatic heterocycles. The molecule has 13 heavy (non-hydrogen) atoms. The van der Waals surface area contributed by atoms with Crippen molar-refractivity contribution in [2.24, 2.45) is 0 Å². The molecule has 0 amide bonds. The molecule has 70 valence electrons. The van der Waals surface area contributed by atoms with Crippen molar-refractivity contribution in [1.82, 2.24) is 0 Å². The molecule has 1 unspecified atom stereocenters. The normalized spacial score (nSPS) is 22.2. The first-order valence-electron chi connectivity index (χ1n) is 4.37. The Kier molecular flexibility index (Phi) is 3.05. The van der Waals surface area contributed by atoms with Crippen molar-refractivity contribution < 1.29 is 4.74 Å². The van der Waals surface area contributed by atoms with Gasteiger partial charge in [0, 0.05) is 10.1 Å². The van der Waals surface area contributed by atoms with Crippen LogP contribution in [0.5, 0.6) is 0 Å². The zero-order valence-electron chi connectivity index (χ0n) is 7.32. The maximum atomic E-state index is 5.44. The lowest BCUT2D eigenvalue weighted by atomic mass is 10.2. The Morgan fingerprint density at radius 2 is 2.15 bits per heavy atom. The van der Waals surface area contributed by atoms with E-state index in [1.807, 2.05) is 6.07 Å². The maximum absolute atomic E-state index is 5.44. The van der Waals surface area contributed by atoms with Crippen LogP contribution in [-0.4, -0.2) is 23.8 Å². The zero-order valence-corrected chi connectivity index (χ0v) is 9.48. The summed E-state index contributed by atoms with van der Waals surface area (Å²) in [5.41, 5.74) is 1.27. The summed E-state index contributed by atoms with van der Waals surface area (Å²) in [7, 11) is 0. The van der Waals surface area contributed by atoms with Gasteiger partial charge in [-0.2, -0.15) is 0 Å². The number of nitrogens with zero attached hydrogens (tertiary/aromatic N) is 1. The first-order valence-corrected chi connectivity index (χ1v) is 5.90. The molecule has 1 fully saturated rings. The van der Waals surface area contributed by atoms with Gasteiger partial charge in [0.2, 0.25) is 0 Å². The fourth-order valence-corrected chi connectivity index (χ4v) is 2.24. The molecule has 1 aliphatic heterocycles. The Morgan fingerprint density at radius 3 is 2.85 bits per heavy atom. The minimum Gasteiger partial charge on any atom is -0.359 e. The van der Waals surface area contributed by atoms with Crippen molar-refractivity contribution >= 4 is 28.3 Å². The van der Waals surface area contributed by atoms with Crippen LogP contribution >= 0.6 is 22.6 Å². The van der Waals surface area contributed by atoms with Gasteiger partial charge in [-0.15, -0.1) is 0 Å². The van der Waals surface area contributed by atoms with Crippen LogP contribution in [0.15, 0.2) is 30.3 Å². The molecular weight excluding hydrogens is 277 g/mol. The molecule has 1 aromatic rings. The fourth-order valence-electron chi connectivity index (χ4n) is 1.52. The molecule has 1 aliphatic rings. The SMILES string of the molecule is ICC1COCN1c1ccccc1. The second kappa shape index (κ2) is 4.28. The second-order valence-electron chi connectivity index (χ2n) is 3.11. The summed E-state index contributed by atoms with van der Waals surface area (Å²) >= 11 is 2.41. The molecular formula is C10H12INO. The van der Waals surface area contributed by atoms with Crippen molar-refractivity contribution in [3.8, 4) is 0 Å². The third-order valence-corrected chi connectivity index (χ3v) is 3.26. The van der Waals surface area contributed by atoms with Crippen molar-refractivity contribution in [3.05, 3.63) is 30.3 Å². The molecule has 0 saturated carbocycles. The van der Waals surface area contributed by atoms with Crippen molar-refractivity contribution in [2.45, 2.75) is 6.04 Å². The van der Waals surface area contributed by atoms with E-state index in [0.29, 0.717) is 6.04 Å². The van der Waals surface area contributed by atoms with Crippen LogP contribution in [0.25, 0.3) is 0 Å². The van der Waals surface area contributed by atoms with E-state index in [1.54, 1.807) is 0 Å². The van der Waals surface area contributed by atoms with Crippen LogP contribution in [0.4, 0.5) is 5.69 Å². The smallest absolute Gasteiger partial charge is 0.119 e. The van der Waals surface area contributed by atoms with Gasteiger partial charge in [-0.1, -0.05) is 40.8 Å². The van der Waals surface area contributed by atoms with E-state index in [0.717, 1.165) is 17.8 Å². The maximum Gasteiger partial charge on any atom is 0.119 e. The number of benzene rings is 1. The summed E-state index contributed by atoms with van der Waals surface area (Å²) < 4.78 is 6.55. The molecule has 0 spiro atoms. The van der Waals surface area contributed by atoms with Crippen LogP contribution < -0.4 is 4.90 Å². The van der Waals surface area contributed by atoms with Gasteiger partial charge in [-0.3, -0.25) is 0 Å². The monoisotopic (exact) mass is 289 g/mol. The molecule has 0 aliphatic carbocycles. The standard InChI is InChI=1S/C10H12INO/c11-6-10-7-13-8-12(10)9-4-2-1-3-5-9/h1-5,10H,6-8H2. The quantitative estimate of drug-likeness (QED) is 0.612. The van der Waals surface area contributed by atoms with E-state index >= 15 is 0 Å². The molecule has 0 bridgehead atoms. The van der Waals surface area contributed by atoms with E-state index in [2.05, 4.69) is 51.8 Å². The number of hydrogen-bond acceptors (Lipinski definition) is 2. The molecule has 2 rings (SSSR count). The van der Waals surface area contributed by atoms with Gasteiger partial charge >= 0.3 is 0 Å². The number of halogens is 1. The number of ether oxygens (including phenoxy) is 1. The summed E-state index contributed by atoms with van der Waals surface area (Å²) in [4.78, 5) is 2.31. The fraction of sp³-hybridized carbons (Fsp3) is 0.400. The average molecular weight is 289 g/mol. The number of hydrogen-bond donors (Lipinski definition) is 0. The summed E-state index contributed by atoms with van der Waals surface area (Å²) in [6.07, 6.45) is 0. The number of rotatable bonds is 2. The number of para-hydroxylation sites is 1. The Bertz CT molecular complexity index is 265. The van der Waals surface area contributed by atoms with Gasteiger partial charge in [0.1, 0.15) is 6.73 Å². The highest BCUT2D eigenvalue weighted by molar-refractivity contribution is 14.1. The Hall–Kier alpha value is -0.290. The van der Waals surface area contributed by atoms with Gasteiger partial charge in [0.05, 0.1) is 12.6 Å². The van der Waals surface area contributed by atoms with E-state index in [-0.39, 0.29) is 0 Å². The first-order chi connectivity index (χ1) is 6.42. The van der Waals surface area contributed by atoms with Gasteiger partial charge in [-0.25, -0.2) is 0 Å². The van der Waals surface area contributed by atoms with Crippen LogP contribution in [0, 0.1) is 0 Å². The van der Waals surface area contributed by atoms with Crippen LogP contribution in [0.3, 0.4) is 0 Å². The molecule has 2 nitrogen and oxygen atoms in total. The minimum atomic E-state index is 0.544. The van der Waals surface area contributed by atoms with E-state index in [4.69, 9.17) is 4.74 Å². The highest BCUT2D eigenvalue weighted by atomic mass is 127. The molecule has 1 saturated heterocycles. The van der Waals surface area contributed by atoms with Crippen molar-refractivity contribution in [1.29, 1.82) is 0 Å². The lowest BCUT2D eigenvalue weighted by Gasteiger charge is -2.22. The van der Waals surface area contributed by atoms with E-state index in [1.165, 1.54) is 5.69 Å². The third-order valence-electron chi connectivity index (χ3n) is 2.25. The predicted octanol–water partition coefficient (Wildman–Crippen LogP) is 2.28. The third kappa shape index (κ3) is 1.96. The molecule has 1 aromatic carbocycles. The van der Waals surface area contributed by atoms with E-state index < -0.39 is 0 Å². The molecule has 0 N–H and O–H groups in total. The van der Waals surface area contributed by atoms with Gasteiger partial charge in [-0.05, 0) is 12.1 Å². The van der Waals surface area contributed by atoms with Crippen LogP contribution in [-0.2, 0) is 4.74 Å². The van der Waals surface area contributed by atoms with Gasteiger partial charge < -0.3 is 9.64 Å². The summed E-state index contributed by atoms with van der Waals surface area (Å²) in [6, 6.07) is 11.0. The Balaban J connectivity index is 2.16. The topological polar surface area (TPSA) is 12.5 Å². The molecule has 1 heterocycles. The Morgan fingerprint density at radius 1 is 1.38 bits per heavy atom. The van der Waals surface area contributed by atoms with Crippen molar-refractivity contribution in [3.63, 3.8) is 0 Å². The summed E-state index contributed by atoms with van der Waals surface area (Å²) in [5, 5.41) is 0. The summed E-state index contributed by atoms with van der Waals surface area (Å²) in [6.45, 7) is 1.59. The van der Waals surface area contributed by atoms with Crippen LogP contribution in [0.1, 0.15) is 0 Å².